The summed E-state index contributed by atoms with van der Waals surface area (Å²) >= 11 is 0. The maximum Gasteiger partial charge on any atom is 0.309 e. The second kappa shape index (κ2) is 18.3. The summed E-state index contributed by atoms with van der Waals surface area (Å²) in [5.74, 6) is -5.01. The summed E-state index contributed by atoms with van der Waals surface area (Å²) in [6, 6.07) is -0.158. The van der Waals surface area contributed by atoms with Gasteiger partial charge in [-0.25, -0.2) is 0 Å². The zero-order chi connectivity index (χ0) is 42.2. The normalized spacial score (nSPS) is 43.9. The molecule has 0 aliphatic carbocycles. The van der Waals surface area contributed by atoms with Crippen LogP contribution in [0.4, 0.5) is 0 Å². The number of aliphatic hydroxyl groups excluding tert-OH is 1. The summed E-state index contributed by atoms with van der Waals surface area (Å²) in [5.41, 5.74) is -1.48. The summed E-state index contributed by atoms with van der Waals surface area (Å²) < 4.78 is 34.9. The van der Waals surface area contributed by atoms with Crippen LogP contribution in [0.15, 0.2) is 12.2 Å². The van der Waals surface area contributed by atoms with Gasteiger partial charge < -0.3 is 39.0 Å². The number of aliphatic hydroxyl groups is 2. The summed E-state index contributed by atoms with van der Waals surface area (Å²) in [4.78, 5) is 29.0. The van der Waals surface area contributed by atoms with Gasteiger partial charge in [-0.05, 0) is 103 Å². The number of hydrogen-bond acceptors (Lipinski definition) is 10. The van der Waals surface area contributed by atoms with Crippen molar-refractivity contribution in [3.63, 3.8) is 0 Å². The van der Waals surface area contributed by atoms with E-state index < -0.39 is 64.8 Å². The zero-order valence-electron chi connectivity index (χ0n) is 37.4. The number of carboxylic acid groups (broad SMARTS) is 1. The zero-order valence-corrected chi connectivity index (χ0v) is 37.4. The lowest BCUT2D eigenvalue weighted by atomic mass is 9.72. The van der Waals surface area contributed by atoms with Gasteiger partial charge in [0.15, 0.2) is 11.6 Å². The van der Waals surface area contributed by atoms with E-state index in [0.717, 1.165) is 32.4 Å². The molecule has 0 radical (unpaired) electrons. The van der Waals surface area contributed by atoms with Crippen LogP contribution in [-0.4, -0.2) is 111 Å². The molecule has 5 rings (SSSR count). The number of carboxylic acids is 1. The van der Waals surface area contributed by atoms with Crippen LogP contribution in [0, 0.1) is 41.4 Å². The molecule has 0 aromatic heterocycles. The molecule has 11 nitrogen and oxygen atoms in total. The van der Waals surface area contributed by atoms with Crippen LogP contribution in [0.2, 0.25) is 0 Å². The van der Waals surface area contributed by atoms with Crippen LogP contribution in [0.1, 0.15) is 147 Å². The SMILES string of the molecule is CC[C@@H](C(=O)[C@@H](C)[C@@H](O)[C@H](C)[C@@H]1O[C@@H]([C@@H](CC)C(=O)O)CC[C@@H]1C)[C@H]1O[C@]2(C=C[C@H](N(CC)CC)[C@]3(CC[C@@](C)([C@H]4CC[C@](O)(CC)[C@H](C)O4)O3)O2)[C@H](C)C[C@@H]1C. The Morgan fingerprint density at radius 2 is 1.53 bits per heavy atom. The van der Waals surface area contributed by atoms with Gasteiger partial charge in [-0.1, -0.05) is 75.3 Å². The number of likely N-dealkylation sites (N-methyl/N-ethyl adjacent to an activating group) is 1. The number of ketones is 1. The largest absolute Gasteiger partial charge is 0.481 e. The minimum Gasteiger partial charge on any atom is -0.481 e. The van der Waals surface area contributed by atoms with Crippen molar-refractivity contribution in [2.45, 2.75) is 213 Å². The minimum atomic E-state index is -1.13. The van der Waals surface area contributed by atoms with Gasteiger partial charge in [0, 0.05) is 30.1 Å². The number of carbonyl (C=O) groups excluding carboxylic acids is 1. The van der Waals surface area contributed by atoms with Crippen molar-refractivity contribution >= 4 is 11.8 Å². The summed E-state index contributed by atoms with van der Waals surface area (Å²) in [6.07, 6.45) is 8.24. The molecule has 5 aliphatic heterocycles. The second-order valence-electron chi connectivity index (χ2n) is 19.1. The molecule has 328 valence electrons. The number of rotatable bonds is 15. The average molecular weight is 806 g/mol. The number of aliphatic carboxylic acids is 1. The quantitative estimate of drug-likeness (QED) is 0.141. The van der Waals surface area contributed by atoms with E-state index in [1.165, 1.54) is 0 Å². The first kappa shape index (κ1) is 46.6. The molecule has 57 heavy (non-hydrogen) atoms. The first-order chi connectivity index (χ1) is 26.8. The Bertz CT molecular complexity index is 1410. The highest BCUT2D eigenvalue weighted by Gasteiger charge is 2.64. The molecular weight excluding hydrogens is 727 g/mol. The Morgan fingerprint density at radius 3 is 2.11 bits per heavy atom. The Hall–Kier alpha value is -1.44. The molecule has 0 aromatic carbocycles. The van der Waals surface area contributed by atoms with Gasteiger partial charge >= 0.3 is 5.97 Å². The van der Waals surface area contributed by atoms with Gasteiger partial charge in [-0.15, -0.1) is 0 Å². The van der Waals surface area contributed by atoms with E-state index in [4.69, 9.17) is 23.7 Å². The summed E-state index contributed by atoms with van der Waals surface area (Å²) in [6.45, 7) is 26.1. The third-order valence-corrected chi connectivity index (χ3v) is 15.7. The molecule has 0 amide bonds. The summed E-state index contributed by atoms with van der Waals surface area (Å²) in [7, 11) is 0. The van der Waals surface area contributed by atoms with Crippen LogP contribution in [-0.2, 0) is 33.3 Å². The molecule has 18 atom stereocenters. The lowest BCUT2D eigenvalue weighted by Crippen LogP contribution is -2.65. The van der Waals surface area contributed by atoms with Crippen molar-refractivity contribution in [3.8, 4) is 0 Å². The monoisotopic (exact) mass is 806 g/mol. The number of hydrogen-bond donors (Lipinski definition) is 3. The number of nitrogens with zero attached hydrogens (tertiary/aromatic N) is 1. The smallest absolute Gasteiger partial charge is 0.309 e. The van der Waals surface area contributed by atoms with Crippen LogP contribution in [0.3, 0.4) is 0 Å². The Balaban J connectivity index is 1.38. The molecular formula is C46H79NO10. The van der Waals surface area contributed by atoms with Gasteiger partial charge in [0.25, 0.3) is 0 Å². The van der Waals surface area contributed by atoms with Crippen molar-refractivity contribution in [1.29, 1.82) is 0 Å². The standard InChI is InChI=1S/C46H79NO10/c1-13-33(42(50)51)35-19-18-27(6)40(54-35)31(10)38(48)30(9)39(49)34(14-2)41-28(7)26-29(8)45(55-41)23-20-36(47(16-4)17-5)46(57-45)25-24-43(12,56-46)37-21-22-44(52,15-3)32(11)53-37/h20,23,27-38,40-41,48,52H,13-19,21-22,24-26H2,1-12H3,(H,50,51)/t27-,28-,29+,30-,31-,32-,33+,34-,35+,36-,37+,38+,40+,41-,43-,44+,45-,46-/m0/s1. The highest BCUT2D eigenvalue weighted by atomic mass is 16.8. The van der Waals surface area contributed by atoms with E-state index in [9.17, 15) is 24.9 Å². The van der Waals surface area contributed by atoms with Crippen molar-refractivity contribution in [3.05, 3.63) is 12.2 Å². The van der Waals surface area contributed by atoms with Gasteiger partial charge in [-0.2, -0.15) is 0 Å². The predicted octanol–water partition coefficient (Wildman–Crippen LogP) is 7.54. The minimum absolute atomic E-state index is 0.0261. The number of Topliss-reactive ketones (excluding diaryl/α,β-unsaturated/α-hetero) is 1. The van der Waals surface area contributed by atoms with E-state index in [0.29, 0.717) is 44.9 Å². The van der Waals surface area contributed by atoms with Gasteiger partial charge in [0.05, 0.1) is 59.8 Å². The molecule has 0 unspecified atom stereocenters. The number of carbonyl (C=O) groups is 2. The highest BCUT2D eigenvalue weighted by Crippen LogP contribution is 2.55. The van der Waals surface area contributed by atoms with Gasteiger partial charge in [0.2, 0.25) is 0 Å². The molecule has 11 heteroatoms. The van der Waals surface area contributed by atoms with Crippen LogP contribution in [0.5, 0.6) is 0 Å². The van der Waals surface area contributed by atoms with Crippen LogP contribution in [0.25, 0.3) is 0 Å². The Kier molecular flexibility index (Phi) is 14.9. The van der Waals surface area contributed by atoms with Crippen molar-refractivity contribution in [1.82, 2.24) is 4.90 Å². The molecule has 0 saturated carbocycles. The molecule has 4 saturated heterocycles. The van der Waals surface area contributed by atoms with Crippen LogP contribution < -0.4 is 0 Å². The lowest BCUT2D eigenvalue weighted by Gasteiger charge is -2.56. The maximum atomic E-state index is 14.6. The van der Waals surface area contributed by atoms with E-state index in [1.54, 1.807) is 0 Å². The predicted molar refractivity (Wildman–Crippen MR) is 219 cm³/mol. The molecule has 5 heterocycles. The molecule has 5 aliphatic rings. The average Bonchev–Trinajstić information content (AvgIpc) is 3.52. The second-order valence-corrected chi connectivity index (χ2v) is 19.1. The fourth-order valence-corrected chi connectivity index (χ4v) is 11.5. The topological polar surface area (TPSA) is 144 Å². The third-order valence-electron chi connectivity index (χ3n) is 15.7. The number of ether oxygens (including phenoxy) is 5. The van der Waals surface area contributed by atoms with Gasteiger partial charge in [-0.3, -0.25) is 14.5 Å². The molecule has 0 aromatic rings. The van der Waals surface area contributed by atoms with Gasteiger partial charge in [0.1, 0.15) is 5.78 Å². The Labute approximate surface area is 343 Å². The van der Waals surface area contributed by atoms with Crippen molar-refractivity contribution in [2.75, 3.05) is 13.1 Å². The third kappa shape index (κ3) is 8.84. The first-order valence-corrected chi connectivity index (χ1v) is 22.8. The Morgan fingerprint density at radius 1 is 0.860 bits per heavy atom. The van der Waals surface area contributed by atoms with Crippen LogP contribution >= 0.6 is 0 Å². The fraction of sp³-hybridized carbons (Fsp3) is 0.913. The van der Waals surface area contributed by atoms with E-state index in [-0.39, 0.29) is 53.8 Å². The van der Waals surface area contributed by atoms with Crippen molar-refractivity contribution in [2.24, 2.45) is 41.4 Å². The van der Waals surface area contributed by atoms with E-state index in [1.807, 2.05) is 41.5 Å². The molecule has 3 N–H and O–H groups in total. The van der Waals surface area contributed by atoms with E-state index in [2.05, 4.69) is 58.6 Å². The molecule has 0 bridgehead atoms. The lowest BCUT2D eigenvalue weighted by molar-refractivity contribution is -0.403. The molecule has 4 fully saturated rings. The maximum absolute atomic E-state index is 14.6. The molecule has 2 spiro atoms. The fourth-order valence-electron chi connectivity index (χ4n) is 11.5. The van der Waals surface area contributed by atoms with E-state index >= 15 is 0 Å². The summed E-state index contributed by atoms with van der Waals surface area (Å²) in [5, 5.41) is 32.9. The van der Waals surface area contributed by atoms with Crippen molar-refractivity contribution < 1.29 is 48.6 Å². The highest BCUT2D eigenvalue weighted by molar-refractivity contribution is 5.84. The first-order valence-electron chi connectivity index (χ1n) is 22.8.